The molecule has 0 bridgehead atoms. The molecule has 0 heterocycles. The van der Waals surface area contributed by atoms with Gasteiger partial charge in [-0.3, -0.25) is 4.72 Å². The Morgan fingerprint density at radius 2 is 2.27 bits per heavy atom. The second-order valence-corrected chi connectivity index (χ2v) is 4.76. The smallest absolute Gasteiger partial charge is 0.0503 e. The number of nitrogens with one attached hydrogen (secondary N) is 3. The van der Waals surface area contributed by atoms with Crippen LogP contribution in [-0.2, 0) is 0 Å². The molecule has 0 amide bonds. The van der Waals surface area contributed by atoms with Gasteiger partial charge in [-0.25, -0.2) is 0 Å². The van der Waals surface area contributed by atoms with Gasteiger partial charge in [0, 0.05) is 12.3 Å². The van der Waals surface area contributed by atoms with E-state index in [1.807, 2.05) is 18.5 Å². The minimum absolute atomic E-state index is 0.270. The lowest BCUT2D eigenvalue weighted by molar-refractivity contribution is 0.572. The second kappa shape index (κ2) is 6.18. The van der Waals surface area contributed by atoms with Crippen molar-refractivity contribution in [2.45, 2.75) is 38.1 Å². The van der Waals surface area contributed by atoms with E-state index in [-0.39, 0.29) is 5.54 Å². The van der Waals surface area contributed by atoms with E-state index in [1.165, 1.54) is 12.8 Å². The molecule has 0 radical (unpaired) electrons. The van der Waals surface area contributed by atoms with E-state index in [0.717, 1.165) is 19.4 Å². The van der Waals surface area contributed by atoms with Gasteiger partial charge in [0.1, 0.15) is 0 Å². The number of allylic oxidation sites excluding steroid dienone is 1. The largest absolute Gasteiger partial charge is 0.384 e. The van der Waals surface area contributed by atoms with Gasteiger partial charge >= 0.3 is 0 Å². The molecule has 3 nitrogen and oxygen atoms in total. The molecule has 0 unspecified atom stereocenters. The summed E-state index contributed by atoms with van der Waals surface area (Å²) in [5, 5.41) is 11.0. The lowest BCUT2D eigenvalue weighted by Crippen LogP contribution is -2.35. The van der Waals surface area contributed by atoms with Crippen molar-refractivity contribution in [2.24, 2.45) is 0 Å². The summed E-state index contributed by atoms with van der Waals surface area (Å²) in [6.45, 7) is 3.10. The first-order chi connectivity index (χ1) is 7.22. The molecule has 0 atom stereocenters. The first kappa shape index (κ1) is 12.6. The fraction of sp³-hybridized carbons (Fsp3) is 0.727. The zero-order valence-corrected chi connectivity index (χ0v) is 10.4. The first-order valence-corrected chi connectivity index (χ1v) is 6.72. The van der Waals surface area contributed by atoms with Gasteiger partial charge in [-0.2, -0.15) is 0 Å². The molecule has 0 aromatic carbocycles. The quantitative estimate of drug-likeness (QED) is 0.440. The van der Waals surface area contributed by atoms with E-state index in [2.05, 4.69) is 17.0 Å². The van der Waals surface area contributed by atoms with Crippen LogP contribution in [0.5, 0.6) is 0 Å². The average Bonchev–Trinajstić information content (AvgIpc) is 2.96. The van der Waals surface area contributed by atoms with Crippen molar-refractivity contribution in [1.82, 2.24) is 10.0 Å². The SMILES string of the molecule is CCCC(=N)/C=C\NC1(CNSC)CC1. The third-order valence-corrected chi connectivity index (χ3v) is 3.03. The fourth-order valence-corrected chi connectivity index (χ4v) is 1.83. The van der Waals surface area contributed by atoms with Gasteiger partial charge in [-0.15, -0.1) is 0 Å². The van der Waals surface area contributed by atoms with Gasteiger partial charge in [-0.05, 0) is 37.8 Å². The molecule has 4 heteroatoms. The van der Waals surface area contributed by atoms with Crippen LogP contribution in [0.25, 0.3) is 0 Å². The lowest BCUT2D eigenvalue weighted by atomic mass is 10.2. The molecule has 86 valence electrons. The monoisotopic (exact) mass is 227 g/mol. The highest BCUT2D eigenvalue weighted by Gasteiger charge is 2.41. The van der Waals surface area contributed by atoms with Gasteiger partial charge in [0.2, 0.25) is 0 Å². The van der Waals surface area contributed by atoms with Gasteiger partial charge in [0.05, 0.1) is 5.54 Å². The van der Waals surface area contributed by atoms with Crippen molar-refractivity contribution >= 4 is 17.7 Å². The van der Waals surface area contributed by atoms with Crippen LogP contribution < -0.4 is 10.0 Å². The molecule has 1 saturated carbocycles. The van der Waals surface area contributed by atoms with E-state index in [1.54, 1.807) is 11.9 Å². The molecule has 1 fully saturated rings. The molecular weight excluding hydrogens is 206 g/mol. The summed E-state index contributed by atoms with van der Waals surface area (Å²) >= 11 is 1.66. The minimum Gasteiger partial charge on any atom is -0.384 e. The predicted octanol–water partition coefficient (Wildman–Crippen LogP) is 2.31. The van der Waals surface area contributed by atoms with Crippen LogP contribution in [0.4, 0.5) is 0 Å². The van der Waals surface area contributed by atoms with Crippen LogP contribution in [-0.4, -0.2) is 24.1 Å². The van der Waals surface area contributed by atoms with E-state index in [0.29, 0.717) is 5.71 Å². The van der Waals surface area contributed by atoms with Crippen molar-refractivity contribution in [3.05, 3.63) is 12.3 Å². The Bertz CT molecular complexity index is 234. The van der Waals surface area contributed by atoms with Crippen LogP contribution >= 0.6 is 11.9 Å². The molecule has 1 aliphatic carbocycles. The topological polar surface area (TPSA) is 47.9 Å². The molecule has 15 heavy (non-hydrogen) atoms. The first-order valence-electron chi connectivity index (χ1n) is 5.50. The lowest BCUT2D eigenvalue weighted by Gasteiger charge is -2.15. The van der Waals surface area contributed by atoms with Crippen molar-refractivity contribution in [3.63, 3.8) is 0 Å². The minimum atomic E-state index is 0.270. The molecule has 0 saturated heterocycles. The maximum absolute atomic E-state index is 7.61. The number of hydrogen-bond acceptors (Lipinski definition) is 4. The molecule has 3 N–H and O–H groups in total. The maximum atomic E-state index is 7.61. The van der Waals surface area contributed by atoms with E-state index >= 15 is 0 Å². The average molecular weight is 227 g/mol. The van der Waals surface area contributed by atoms with Gasteiger partial charge < -0.3 is 10.7 Å². The third-order valence-electron chi connectivity index (χ3n) is 2.60. The van der Waals surface area contributed by atoms with E-state index < -0.39 is 0 Å². The maximum Gasteiger partial charge on any atom is 0.0503 e. The normalized spacial score (nSPS) is 18.0. The summed E-state index contributed by atoms with van der Waals surface area (Å²) < 4.78 is 3.28. The highest BCUT2D eigenvalue weighted by molar-refractivity contribution is 7.96. The van der Waals surface area contributed by atoms with E-state index in [4.69, 9.17) is 5.41 Å². The highest BCUT2D eigenvalue weighted by atomic mass is 32.2. The Morgan fingerprint density at radius 3 is 2.80 bits per heavy atom. The van der Waals surface area contributed by atoms with Crippen LogP contribution in [0, 0.1) is 5.41 Å². The Kier molecular flexibility index (Phi) is 5.19. The van der Waals surface area contributed by atoms with Gasteiger partial charge in [-0.1, -0.05) is 25.3 Å². The summed E-state index contributed by atoms with van der Waals surface area (Å²) in [5.41, 5.74) is 0.977. The standard InChI is InChI=1S/C11H21N3S/c1-3-4-10(12)5-8-13-11(6-7-11)9-14-15-2/h5,8,12-14H,3-4,6-7,9H2,1-2H3/b8-5-,12-10?. The zero-order valence-electron chi connectivity index (χ0n) is 9.60. The zero-order chi connectivity index (χ0) is 11.1. The fourth-order valence-electron chi connectivity index (χ4n) is 1.41. The van der Waals surface area contributed by atoms with Crippen molar-refractivity contribution in [3.8, 4) is 0 Å². The summed E-state index contributed by atoms with van der Waals surface area (Å²) in [5.74, 6) is 0. The summed E-state index contributed by atoms with van der Waals surface area (Å²) in [7, 11) is 0. The molecule has 0 aliphatic heterocycles. The number of hydrogen-bond donors (Lipinski definition) is 3. The van der Waals surface area contributed by atoms with Gasteiger partial charge in [0.25, 0.3) is 0 Å². The Balaban J connectivity index is 2.21. The van der Waals surface area contributed by atoms with E-state index in [9.17, 15) is 0 Å². The highest BCUT2D eigenvalue weighted by Crippen LogP contribution is 2.34. The van der Waals surface area contributed by atoms with Crippen LogP contribution in [0.1, 0.15) is 32.6 Å². The molecule has 0 spiro atoms. The van der Waals surface area contributed by atoms with Gasteiger partial charge in [0.15, 0.2) is 0 Å². The Hall–Kier alpha value is -0.480. The molecule has 1 rings (SSSR count). The Labute approximate surface area is 96.7 Å². The van der Waals surface area contributed by atoms with Crippen molar-refractivity contribution in [2.75, 3.05) is 12.8 Å². The summed E-state index contributed by atoms with van der Waals surface area (Å²) in [6.07, 6.45) is 10.2. The second-order valence-electron chi connectivity index (χ2n) is 4.06. The van der Waals surface area contributed by atoms with Crippen molar-refractivity contribution in [1.29, 1.82) is 5.41 Å². The Morgan fingerprint density at radius 1 is 1.53 bits per heavy atom. The third kappa shape index (κ3) is 4.71. The molecule has 1 aliphatic rings. The van der Waals surface area contributed by atoms with Crippen LogP contribution in [0.3, 0.4) is 0 Å². The van der Waals surface area contributed by atoms with Crippen molar-refractivity contribution < 1.29 is 0 Å². The van der Waals surface area contributed by atoms with Crippen LogP contribution in [0.15, 0.2) is 12.3 Å². The molecule has 0 aromatic rings. The number of rotatable bonds is 8. The van der Waals surface area contributed by atoms with Crippen LogP contribution in [0.2, 0.25) is 0 Å². The molecular formula is C11H21N3S. The predicted molar refractivity (Wildman–Crippen MR) is 68.4 cm³/mol. The summed E-state index contributed by atoms with van der Waals surface area (Å²) in [6, 6.07) is 0. The molecule has 0 aromatic heterocycles. The summed E-state index contributed by atoms with van der Waals surface area (Å²) in [4.78, 5) is 0.